The number of nitrogens with one attached hydrogen (secondary N) is 1. The molecule has 6 heteroatoms. The Kier molecular flexibility index (Phi) is 5.22. The first-order valence-corrected chi connectivity index (χ1v) is 8.36. The minimum atomic E-state index is -3.66. The zero-order chi connectivity index (χ0) is 15.3. The Bertz CT molecular complexity index is 699. The van der Waals surface area contributed by atoms with Gasteiger partial charge in [-0.3, -0.25) is 4.72 Å². The van der Waals surface area contributed by atoms with Crippen molar-refractivity contribution in [3.63, 3.8) is 0 Å². The summed E-state index contributed by atoms with van der Waals surface area (Å²) in [6.07, 6.45) is 1.37. The van der Waals surface area contributed by atoms with E-state index < -0.39 is 10.0 Å². The molecule has 0 aliphatic heterocycles. The van der Waals surface area contributed by atoms with Crippen LogP contribution in [0.2, 0.25) is 5.02 Å². The number of anilines is 1. The van der Waals surface area contributed by atoms with Crippen LogP contribution in [0, 0.1) is 0 Å². The Labute approximate surface area is 129 Å². The van der Waals surface area contributed by atoms with Gasteiger partial charge in [0.2, 0.25) is 0 Å². The summed E-state index contributed by atoms with van der Waals surface area (Å²) in [7, 11) is -3.66. The number of halogens is 1. The van der Waals surface area contributed by atoms with Crippen LogP contribution in [0.3, 0.4) is 0 Å². The maximum absolute atomic E-state index is 12.3. The van der Waals surface area contributed by atoms with E-state index in [4.69, 9.17) is 16.7 Å². The molecule has 0 aliphatic rings. The number of aliphatic hydroxyl groups is 1. The number of aryl methyl sites for hydroxylation is 1. The number of para-hydroxylation sites is 1. The first-order chi connectivity index (χ1) is 10.0. The number of sulfonamides is 1. The van der Waals surface area contributed by atoms with Crippen molar-refractivity contribution in [2.75, 3.05) is 11.3 Å². The largest absolute Gasteiger partial charge is 0.396 e. The Balaban J connectivity index is 2.18. The van der Waals surface area contributed by atoms with Gasteiger partial charge >= 0.3 is 0 Å². The van der Waals surface area contributed by atoms with Crippen LogP contribution in [-0.4, -0.2) is 20.1 Å². The predicted molar refractivity (Wildman–Crippen MR) is 84.1 cm³/mol. The van der Waals surface area contributed by atoms with Crippen molar-refractivity contribution in [2.45, 2.75) is 17.7 Å². The Hall–Kier alpha value is -1.56. The molecule has 0 saturated carbocycles. The first-order valence-electron chi connectivity index (χ1n) is 6.50. The second-order valence-electron chi connectivity index (χ2n) is 4.56. The van der Waals surface area contributed by atoms with Gasteiger partial charge in [-0.15, -0.1) is 0 Å². The van der Waals surface area contributed by atoms with E-state index in [1.54, 1.807) is 48.5 Å². The van der Waals surface area contributed by atoms with Crippen LogP contribution in [0.1, 0.15) is 12.0 Å². The molecule has 2 N–H and O–H groups in total. The van der Waals surface area contributed by atoms with Crippen LogP contribution in [0.25, 0.3) is 0 Å². The summed E-state index contributed by atoms with van der Waals surface area (Å²) in [5.41, 5.74) is 1.34. The monoisotopic (exact) mass is 325 g/mol. The van der Waals surface area contributed by atoms with E-state index in [9.17, 15) is 8.42 Å². The standard InChI is InChI=1S/C15H16ClNO3S/c16-14-5-1-2-6-15(14)17-21(19,20)13-9-7-12(8-10-13)4-3-11-18/h1-2,5-10,17-18H,3-4,11H2. The third-order valence-electron chi connectivity index (χ3n) is 2.98. The van der Waals surface area contributed by atoms with Crippen molar-refractivity contribution in [1.82, 2.24) is 0 Å². The fourth-order valence-electron chi connectivity index (χ4n) is 1.87. The summed E-state index contributed by atoms with van der Waals surface area (Å²) in [6.45, 7) is 0.119. The van der Waals surface area contributed by atoms with Crippen molar-refractivity contribution in [1.29, 1.82) is 0 Å². The predicted octanol–water partition coefficient (Wildman–Crippen LogP) is 3.07. The van der Waals surface area contributed by atoms with Gasteiger partial charge in [-0.05, 0) is 42.7 Å². The number of rotatable bonds is 6. The van der Waals surface area contributed by atoms with Gasteiger partial charge in [0.05, 0.1) is 15.6 Å². The summed E-state index contributed by atoms with van der Waals surface area (Å²) in [5, 5.41) is 9.13. The highest BCUT2D eigenvalue weighted by atomic mass is 35.5. The van der Waals surface area contributed by atoms with Crippen LogP contribution in [-0.2, 0) is 16.4 Å². The quantitative estimate of drug-likeness (QED) is 0.857. The first kappa shape index (κ1) is 15.8. The molecule has 0 amide bonds. The van der Waals surface area contributed by atoms with Gasteiger partial charge in [-0.2, -0.15) is 0 Å². The minimum Gasteiger partial charge on any atom is -0.396 e. The van der Waals surface area contributed by atoms with E-state index in [-0.39, 0.29) is 11.5 Å². The van der Waals surface area contributed by atoms with Crippen molar-refractivity contribution in [3.05, 3.63) is 59.1 Å². The van der Waals surface area contributed by atoms with E-state index in [1.165, 1.54) is 0 Å². The molecular weight excluding hydrogens is 310 g/mol. The van der Waals surface area contributed by atoms with Gasteiger partial charge in [0.1, 0.15) is 0 Å². The van der Waals surface area contributed by atoms with Gasteiger partial charge in [0.15, 0.2) is 0 Å². The zero-order valence-electron chi connectivity index (χ0n) is 11.3. The van der Waals surface area contributed by atoms with Gasteiger partial charge in [-0.1, -0.05) is 35.9 Å². The molecule has 0 radical (unpaired) electrons. The van der Waals surface area contributed by atoms with Gasteiger partial charge in [0, 0.05) is 6.61 Å². The van der Waals surface area contributed by atoms with Crippen LogP contribution >= 0.6 is 11.6 Å². The number of hydrogen-bond acceptors (Lipinski definition) is 3. The maximum Gasteiger partial charge on any atom is 0.261 e. The topological polar surface area (TPSA) is 66.4 Å². The summed E-state index contributed by atoms with van der Waals surface area (Å²) in [5.74, 6) is 0. The third-order valence-corrected chi connectivity index (χ3v) is 4.69. The molecule has 2 aromatic carbocycles. The lowest BCUT2D eigenvalue weighted by Crippen LogP contribution is -2.13. The van der Waals surface area contributed by atoms with Crippen LogP contribution in [0.4, 0.5) is 5.69 Å². The fraction of sp³-hybridized carbons (Fsp3) is 0.200. The summed E-state index contributed by atoms with van der Waals surface area (Å²) >= 11 is 5.95. The second kappa shape index (κ2) is 6.93. The van der Waals surface area contributed by atoms with Crippen LogP contribution in [0.5, 0.6) is 0 Å². The lowest BCUT2D eigenvalue weighted by Gasteiger charge is -2.10. The fourth-order valence-corrected chi connectivity index (χ4v) is 3.18. The summed E-state index contributed by atoms with van der Waals surface area (Å²) in [4.78, 5) is 0.176. The van der Waals surface area contributed by atoms with E-state index in [0.717, 1.165) is 12.0 Å². The highest BCUT2D eigenvalue weighted by Crippen LogP contribution is 2.24. The smallest absolute Gasteiger partial charge is 0.261 e. The molecule has 0 unspecified atom stereocenters. The Morgan fingerprint density at radius 3 is 2.33 bits per heavy atom. The van der Waals surface area contributed by atoms with E-state index in [0.29, 0.717) is 17.1 Å². The molecule has 4 nitrogen and oxygen atoms in total. The molecule has 0 heterocycles. The van der Waals surface area contributed by atoms with Gasteiger partial charge in [0.25, 0.3) is 10.0 Å². The molecule has 2 rings (SSSR count). The molecule has 0 atom stereocenters. The minimum absolute atomic E-state index is 0.119. The Morgan fingerprint density at radius 1 is 1.05 bits per heavy atom. The molecular formula is C15H16ClNO3S. The zero-order valence-corrected chi connectivity index (χ0v) is 12.9. The molecule has 0 aliphatic carbocycles. The maximum atomic E-state index is 12.3. The second-order valence-corrected chi connectivity index (χ2v) is 6.65. The Morgan fingerprint density at radius 2 is 1.71 bits per heavy atom. The van der Waals surface area contributed by atoms with Crippen molar-refractivity contribution in [2.24, 2.45) is 0 Å². The number of aliphatic hydroxyl groups excluding tert-OH is 1. The highest BCUT2D eigenvalue weighted by Gasteiger charge is 2.15. The molecule has 21 heavy (non-hydrogen) atoms. The van der Waals surface area contributed by atoms with Crippen molar-refractivity contribution >= 4 is 27.3 Å². The van der Waals surface area contributed by atoms with Crippen LogP contribution < -0.4 is 4.72 Å². The molecule has 0 aromatic heterocycles. The van der Waals surface area contributed by atoms with Crippen LogP contribution in [0.15, 0.2) is 53.4 Å². The third kappa shape index (κ3) is 4.20. The van der Waals surface area contributed by atoms with E-state index in [2.05, 4.69) is 4.72 Å². The normalized spacial score (nSPS) is 11.3. The molecule has 0 spiro atoms. The van der Waals surface area contributed by atoms with Gasteiger partial charge in [-0.25, -0.2) is 8.42 Å². The van der Waals surface area contributed by atoms with E-state index in [1.807, 2.05) is 0 Å². The highest BCUT2D eigenvalue weighted by molar-refractivity contribution is 7.92. The van der Waals surface area contributed by atoms with Crippen molar-refractivity contribution < 1.29 is 13.5 Å². The van der Waals surface area contributed by atoms with Crippen molar-refractivity contribution in [3.8, 4) is 0 Å². The lowest BCUT2D eigenvalue weighted by molar-refractivity contribution is 0.288. The summed E-state index contributed by atoms with van der Waals surface area (Å²) in [6, 6.07) is 13.3. The van der Waals surface area contributed by atoms with Gasteiger partial charge < -0.3 is 5.11 Å². The molecule has 0 saturated heterocycles. The number of benzene rings is 2. The molecule has 112 valence electrons. The molecule has 0 bridgehead atoms. The average molecular weight is 326 g/mol. The van der Waals surface area contributed by atoms with E-state index >= 15 is 0 Å². The lowest BCUT2D eigenvalue weighted by atomic mass is 10.1. The molecule has 0 fully saturated rings. The SMILES string of the molecule is O=S(=O)(Nc1ccccc1Cl)c1ccc(CCCO)cc1. The molecule has 2 aromatic rings. The number of hydrogen-bond donors (Lipinski definition) is 2. The average Bonchev–Trinajstić information content (AvgIpc) is 2.48. The summed E-state index contributed by atoms with van der Waals surface area (Å²) < 4.78 is 27.0.